The third-order valence-electron chi connectivity index (χ3n) is 2.83. The summed E-state index contributed by atoms with van der Waals surface area (Å²) >= 11 is 0. The van der Waals surface area contributed by atoms with Crippen LogP contribution in [0.25, 0.3) is 0 Å². The molecule has 0 unspecified atom stereocenters. The largest absolute Gasteiger partial charge is 0.477 e. The van der Waals surface area contributed by atoms with Gasteiger partial charge in [-0.25, -0.2) is 4.98 Å². The third kappa shape index (κ3) is 2.16. The number of hydrogen-bond donors (Lipinski definition) is 0. The zero-order valence-electron chi connectivity index (χ0n) is 9.62. The molecule has 0 aliphatic heterocycles. The van der Waals surface area contributed by atoms with Gasteiger partial charge in [0.15, 0.2) is 0 Å². The maximum Gasteiger partial charge on any atom is 0.231 e. The highest BCUT2D eigenvalue weighted by Crippen LogP contribution is 2.25. The van der Waals surface area contributed by atoms with Gasteiger partial charge < -0.3 is 4.74 Å². The second-order valence-corrected chi connectivity index (χ2v) is 4.11. The molecule has 84 valence electrons. The van der Waals surface area contributed by atoms with Crippen molar-refractivity contribution in [3.05, 3.63) is 22.9 Å². The van der Waals surface area contributed by atoms with E-state index in [0.717, 1.165) is 25.0 Å². The van der Waals surface area contributed by atoms with Gasteiger partial charge in [-0.2, -0.15) is 5.26 Å². The van der Waals surface area contributed by atoms with Crippen LogP contribution in [0.15, 0.2) is 6.07 Å². The van der Waals surface area contributed by atoms with Gasteiger partial charge in [0, 0.05) is 5.69 Å². The van der Waals surface area contributed by atoms with Gasteiger partial charge in [-0.15, -0.1) is 0 Å². The molecule has 0 saturated heterocycles. The van der Waals surface area contributed by atoms with Gasteiger partial charge in [0.25, 0.3) is 0 Å². The normalized spacial score (nSPS) is 14.0. The minimum absolute atomic E-state index is 0.519. The van der Waals surface area contributed by atoms with E-state index >= 15 is 0 Å². The number of nitrogens with zero attached hydrogens (tertiary/aromatic N) is 2. The molecule has 1 aliphatic rings. The van der Waals surface area contributed by atoms with E-state index in [1.807, 2.05) is 13.0 Å². The molecule has 0 fully saturated rings. The van der Waals surface area contributed by atoms with Gasteiger partial charge in [0.2, 0.25) is 5.88 Å². The summed E-state index contributed by atoms with van der Waals surface area (Å²) in [4.78, 5) is 4.48. The van der Waals surface area contributed by atoms with Gasteiger partial charge in [-0.05, 0) is 43.7 Å². The second-order valence-electron chi connectivity index (χ2n) is 4.11. The van der Waals surface area contributed by atoms with Crippen molar-refractivity contribution >= 4 is 0 Å². The standard InChI is InChI=1S/C13H16N2O/c1-2-7-16-13-11(9-14)8-10-5-3-4-6-12(10)15-13/h8H,2-7H2,1H3. The number of aryl methyl sites for hydroxylation is 2. The van der Waals surface area contributed by atoms with E-state index < -0.39 is 0 Å². The highest BCUT2D eigenvalue weighted by Gasteiger charge is 2.15. The predicted molar refractivity (Wildman–Crippen MR) is 61.4 cm³/mol. The maximum atomic E-state index is 9.05. The molecule has 1 aliphatic carbocycles. The van der Waals surface area contributed by atoms with Crippen LogP contribution in [0, 0.1) is 11.3 Å². The fourth-order valence-electron chi connectivity index (χ4n) is 2.00. The Morgan fingerprint density at radius 2 is 2.25 bits per heavy atom. The van der Waals surface area contributed by atoms with Crippen molar-refractivity contribution in [2.24, 2.45) is 0 Å². The Bertz CT molecular complexity index is 421. The SMILES string of the molecule is CCCOc1nc2c(cc1C#N)CCCC2. The monoisotopic (exact) mass is 216 g/mol. The first kappa shape index (κ1) is 10.9. The smallest absolute Gasteiger partial charge is 0.231 e. The average Bonchev–Trinajstić information content (AvgIpc) is 2.35. The summed E-state index contributed by atoms with van der Waals surface area (Å²) < 4.78 is 5.51. The summed E-state index contributed by atoms with van der Waals surface area (Å²) in [5.41, 5.74) is 2.93. The molecule has 1 heterocycles. The van der Waals surface area contributed by atoms with Crippen LogP contribution in [0.2, 0.25) is 0 Å². The summed E-state index contributed by atoms with van der Waals surface area (Å²) in [6.45, 7) is 2.67. The second kappa shape index (κ2) is 4.98. The minimum atomic E-state index is 0.519. The van der Waals surface area contributed by atoms with Crippen molar-refractivity contribution < 1.29 is 4.74 Å². The van der Waals surface area contributed by atoms with E-state index in [1.165, 1.54) is 18.4 Å². The van der Waals surface area contributed by atoms with Gasteiger partial charge in [-0.3, -0.25) is 0 Å². The lowest BCUT2D eigenvalue weighted by atomic mass is 9.95. The van der Waals surface area contributed by atoms with Crippen LogP contribution < -0.4 is 4.74 Å². The van der Waals surface area contributed by atoms with Crippen molar-refractivity contribution in [2.75, 3.05) is 6.61 Å². The van der Waals surface area contributed by atoms with Crippen LogP contribution in [0.1, 0.15) is 43.0 Å². The molecule has 2 rings (SSSR count). The van der Waals surface area contributed by atoms with Crippen LogP contribution in [-0.4, -0.2) is 11.6 Å². The van der Waals surface area contributed by atoms with Crippen molar-refractivity contribution in [3.63, 3.8) is 0 Å². The Kier molecular flexibility index (Phi) is 3.40. The molecule has 3 nitrogen and oxygen atoms in total. The lowest BCUT2D eigenvalue weighted by Crippen LogP contribution is -2.09. The Morgan fingerprint density at radius 3 is 3.00 bits per heavy atom. The van der Waals surface area contributed by atoms with Crippen molar-refractivity contribution in [2.45, 2.75) is 39.0 Å². The lowest BCUT2D eigenvalue weighted by molar-refractivity contribution is 0.303. The summed E-state index contributed by atoms with van der Waals surface area (Å²) in [6.07, 6.45) is 5.39. The molecule has 0 N–H and O–H groups in total. The molecule has 3 heteroatoms. The van der Waals surface area contributed by atoms with Gasteiger partial charge in [0.1, 0.15) is 11.6 Å². The highest BCUT2D eigenvalue weighted by molar-refractivity contribution is 5.43. The number of rotatable bonds is 3. The quantitative estimate of drug-likeness (QED) is 0.780. The molecule has 0 atom stereocenters. The average molecular weight is 216 g/mol. The molecule has 0 radical (unpaired) electrons. The fraction of sp³-hybridized carbons (Fsp3) is 0.538. The molecule has 16 heavy (non-hydrogen) atoms. The highest BCUT2D eigenvalue weighted by atomic mass is 16.5. The number of pyridine rings is 1. The molecular weight excluding hydrogens is 200 g/mol. The van der Waals surface area contributed by atoms with Crippen LogP contribution in [0.3, 0.4) is 0 Å². The fourth-order valence-corrected chi connectivity index (χ4v) is 2.00. The number of nitriles is 1. The van der Waals surface area contributed by atoms with Crippen molar-refractivity contribution in [3.8, 4) is 11.9 Å². The topological polar surface area (TPSA) is 45.9 Å². The first-order valence-electron chi connectivity index (χ1n) is 5.91. The van der Waals surface area contributed by atoms with E-state index in [0.29, 0.717) is 18.1 Å². The van der Waals surface area contributed by atoms with E-state index in [-0.39, 0.29) is 0 Å². The maximum absolute atomic E-state index is 9.05. The predicted octanol–water partition coefficient (Wildman–Crippen LogP) is 2.62. The Hall–Kier alpha value is -1.56. The number of fused-ring (bicyclic) bond motifs is 1. The van der Waals surface area contributed by atoms with Gasteiger partial charge in [-0.1, -0.05) is 6.92 Å². The Morgan fingerprint density at radius 1 is 1.44 bits per heavy atom. The van der Waals surface area contributed by atoms with E-state index in [9.17, 15) is 0 Å². The molecule has 0 amide bonds. The van der Waals surface area contributed by atoms with E-state index in [1.54, 1.807) is 0 Å². The first-order chi connectivity index (χ1) is 7.85. The molecule has 0 spiro atoms. The zero-order valence-corrected chi connectivity index (χ0v) is 9.62. The molecular formula is C13H16N2O. The molecule has 1 aromatic heterocycles. The van der Waals surface area contributed by atoms with Crippen molar-refractivity contribution in [1.82, 2.24) is 4.98 Å². The Labute approximate surface area is 96.1 Å². The number of aromatic nitrogens is 1. The Balaban J connectivity index is 2.32. The lowest BCUT2D eigenvalue weighted by Gasteiger charge is -2.16. The van der Waals surface area contributed by atoms with Crippen molar-refractivity contribution in [1.29, 1.82) is 5.26 Å². The van der Waals surface area contributed by atoms with Crippen LogP contribution >= 0.6 is 0 Å². The summed E-state index contributed by atoms with van der Waals surface area (Å²) in [5, 5.41) is 9.05. The minimum Gasteiger partial charge on any atom is -0.477 e. The first-order valence-corrected chi connectivity index (χ1v) is 5.91. The third-order valence-corrected chi connectivity index (χ3v) is 2.83. The van der Waals surface area contributed by atoms with E-state index in [4.69, 9.17) is 10.00 Å². The van der Waals surface area contributed by atoms with Gasteiger partial charge in [0.05, 0.1) is 6.61 Å². The van der Waals surface area contributed by atoms with Crippen LogP contribution in [0.4, 0.5) is 0 Å². The summed E-state index contributed by atoms with van der Waals surface area (Å²) in [5.74, 6) is 0.519. The molecule has 0 bridgehead atoms. The van der Waals surface area contributed by atoms with E-state index in [2.05, 4.69) is 11.1 Å². The van der Waals surface area contributed by atoms with Crippen LogP contribution in [0.5, 0.6) is 5.88 Å². The van der Waals surface area contributed by atoms with Crippen LogP contribution in [-0.2, 0) is 12.8 Å². The number of hydrogen-bond acceptors (Lipinski definition) is 3. The zero-order chi connectivity index (χ0) is 11.4. The van der Waals surface area contributed by atoms with Gasteiger partial charge >= 0.3 is 0 Å². The molecule has 0 saturated carbocycles. The number of ether oxygens (including phenoxy) is 1. The summed E-state index contributed by atoms with van der Waals surface area (Å²) in [7, 11) is 0. The summed E-state index contributed by atoms with van der Waals surface area (Å²) in [6, 6.07) is 4.12. The molecule has 0 aromatic carbocycles. The molecule has 1 aromatic rings.